The molecule has 0 fully saturated rings. The molecule has 2 heterocycles. The van der Waals surface area contributed by atoms with Crippen molar-refractivity contribution in [2.24, 2.45) is 4.40 Å². The number of amidine groups is 1. The van der Waals surface area contributed by atoms with E-state index < -0.39 is 10.0 Å². The summed E-state index contributed by atoms with van der Waals surface area (Å²) in [4.78, 5) is 28.8. The van der Waals surface area contributed by atoms with Crippen LogP contribution in [0.4, 0.5) is 5.69 Å². The van der Waals surface area contributed by atoms with Crippen LogP contribution in [0.5, 0.6) is 0 Å². The minimum absolute atomic E-state index is 0.0153. The van der Waals surface area contributed by atoms with E-state index in [1.54, 1.807) is 43.3 Å². The molecular formula is C20H20N4O4S2. The fourth-order valence-electron chi connectivity index (χ4n) is 3.34. The highest BCUT2D eigenvalue weighted by Gasteiger charge is 2.33. The highest BCUT2D eigenvalue weighted by molar-refractivity contribution is 8.15. The first-order valence-corrected chi connectivity index (χ1v) is 11.7. The van der Waals surface area contributed by atoms with Crippen LogP contribution >= 0.6 is 11.8 Å². The third-order valence-electron chi connectivity index (χ3n) is 4.93. The molecule has 30 heavy (non-hydrogen) atoms. The molecule has 0 aliphatic carbocycles. The summed E-state index contributed by atoms with van der Waals surface area (Å²) in [6.45, 7) is 0.759. The first kappa shape index (κ1) is 20.4. The van der Waals surface area contributed by atoms with E-state index in [9.17, 15) is 18.0 Å². The number of benzene rings is 2. The van der Waals surface area contributed by atoms with Crippen LogP contribution in [-0.4, -0.2) is 56.7 Å². The molecule has 0 spiro atoms. The van der Waals surface area contributed by atoms with Crippen molar-refractivity contribution in [3.8, 4) is 0 Å². The van der Waals surface area contributed by atoms with Gasteiger partial charge in [0.05, 0.1) is 11.4 Å². The number of fused-ring (bicyclic) bond motifs is 3. The van der Waals surface area contributed by atoms with Crippen LogP contribution in [0.2, 0.25) is 0 Å². The number of sulfonamides is 1. The van der Waals surface area contributed by atoms with Crippen molar-refractivity contribution in [3.05, 3.63) is 59.2 Å². The van der Waals surface area contributed by atoms with E-state index in [1.165, 1.54) is 11.8 Å². The number of carbonyl (C=O) groups is 2. The van der Waals surface area contributed by atoms with Crippen molar-refractivity contribution in [2.75, 3.05) is 31.3 Å². The van der Waals surface area contributed by atoms with E-state index in [-0.39, 0.29) is 17.6 Å². The van der Waals surface area contributed by atoms with Crippen LogP contribution < -0.4 is 10.2 Å². The molecule has 156 valence electrons. The molecule has 0 atom stereocenters. The summed E-state index contributed by atoms with van der Waals surface area (Å²) < 4.78 is 27.3. The van der Waals surface area contributed by atoms with Gasteiger partial charge in [0, 0.05) is 43.2 Å². The molecule has 10 heteroatoms. The average Bonchev–Trinajstić information content (AvgIpc) is 3.08. The van der Waals surface area contributed by atoms with E-state index in [0.29, 0.717) is 29.4 Å². The topological polar surface area (TPSA) is 99.1 Å². The Morgan fingerprint density at radius 3 is 2.57 bits per heavy atom. The van der Waals surface area contributed by atoms with Crippen molar-refractivity contribution < 1.29 is 18.0 Å². The molecule has 2 aliphatic heterocycles. The van der Waals surface area contributed by atoms with Gasteiger partial charge >= 0.3 is 0 Å². The molecule has 0 saturated carbocycles. The molecule has 2 aliphatic rings. The molecule has 2 aromatic carbocycles. The molecule has 4 rings (SSSR count). The standard InChI is InChI=1S/C20H20N4O4S2/c1-21-18(25)14-5-3-13(4-6-14)12-23(2)19(26)15-7-8-16-17(11-15)29-20-22-30(27,28)10-9-24(16)20/h3-8,11H,9-10,12H2,1-2H3,(H,21,25). The molecule has 2 amide bonds. The Bertz CT molecular complexity index is 1160. The number of carbonyl (C=O) groups excluding carboxylic acids is 2. The summed E-state index contributed by atoms with van der Waals surface area (Å²) in [5, 5.41) is 3.01. The Morgan fingerprint density at radius 1 is 1.17 bits per heavy atom. The van der Waals surface area contributed by atoms with Gasteiger partial charge in [-0.3, -0.25) is 9.59 Å². The van der Waals surface area contributed by atoms with Crippen LogP contribution in [0, 0.1) is 0 Å². The summed E-state index contributed by atoms with van der Waals surface area (Å²) in [6, 6.07) is 12.5. The number of amides is 2. The van der Waals surface area contributed by atoms with E-state index in [4.69, 9.17) is 0 Å². The monoisotopic (exact) mass is 444 g/mol. The van der Waals surface area contributed by atoms with Crippen molar-refractivity contribution in [3.63, 3.8) is 0 Å². The lowest BCUT2D eigenvalue weighted by atomic mass is 10.1. The van der Waals surface area contributed by atoms with Gasteiger partial charge in [-0.25, -0.2) is 8.42 Å². The maximum absolute atomic E-state index is 12.9. The molecule has 8 nitrogen and oxygen atoms in total. The van der Waals surface area contributed by atoms with E-state index >= 15 is 0 Å². The Balaban J connectivity index is 1.49. The van der Waals surface area contributed by atoms with Gasteiger partial charge in [0.15, 0.2) is 5.17 Å². The van der Waals surface area contributed by atoms with Gasteiger partial charge in [0.1, 0.15) is 0 Å². The van der Waals surface area contributed by atoms with Gasteiger partial charge in [-0.15, -0.1) is 4.40 Å². The number of hydrogen-bond acceptors (Lipinski definition) is 6. The Kier molecular flexibility index (Phi) is 5.29. The maximum Gasteiger partial charge on any atom is 0.257 e. The zero-order valence-corrected chi connectivity index (χ0v) is 18.1. The second-order valence-corrected chi connectivity index (χ2v) is 9.80. The predicted molar refractivity (Wildman–Crippen MR) is 116 cm³/mol. The van der Waals surface area contributed by atoms with Gasteiger partial charge < -0.3 is 15.1 Å². The molecule has 0 bridgehead atoms. The predicted octanol–water partition coefficient (Wildman–Crippen LogP) is 1.93. The summed E-state index contributed by atoms with van der Waals surface area (Å²) in [5.41, 5.74) is 2.87. The Hall–Kier alpha value is -2.85. The van der Waals surface area contributed by atoms with Gasteiger partial charge in [-0.1, -0.05) is 12.1 Å². The maximum atomic E-state index is 12.9. The summed E-state index contributed by atoms with van der Waals surface area (Å²) in [6.07, 6.45) is 0. The van der Waals surface area contributed by atoms with E-state index in [2.05, 4.69) is 9.71 Å². The fourth-order valence-corrected chi connectivity index (χ4v) is 5.63. The molecule has 0 unspecified atom stereocenters. The number of nitrogens with one attached hydrogen (secondary N) is 1. The van der Waals surface area contributed by atoms with Crippen LogP contribution in [0.1, 0.15) is 26.3 Å². The number of thioether (sulfide) groups is 1. The lowest BCUT2D eigenvalue weighted by Crippen LogP contribution is -2.35. The number of rotatable bonds is 4. The number of nitrogens with zero attached hydrogens (tertiary/aromatic N) is 3. The molecule has 0 radical (unpaired) electrons. The van der Waals surface area contributed by atoms with Gasteiger partial charge in [0.25, 0.3) is 21.8 Å². The summed E-state index contributed by atoms with van der Waals surface area (Å²) >= 11 is 1.26. The van der Waals surface area contributed by atoms with E-state index in [0.717, 1.165) is 16.1 Å². The third-order valence-corrected chi connectivity index (χ3v) is 7.24. The van der Waals surface area contributed by atoms with Crippen molar-refractivity contribution in [1.29, 1.82) is 0 Å². The second kappa shape index (κ2) is 7.77. The third kappa shape index (κ3) is 3.92. The zero-order valence-electron chi connectivity index (χ0n) is 16.5. The van der Waals surface area contributed by atoms with Crippen molar-refractivity contribution >= 4 is 44.5 Å². The normalized spacial score (nSPS) is 16.3. The van der Waals surface area contributed by atoms with Crippen LogP contribution in [0.15, 0.2) is 51.8 Å². The average molecular weight is 445 g/mol. The quantitative estimate of drug-likeness (QED) is 0.774. The highest BCUT2D eigenvalue weighted by atomic mass is 32.2. The lowest BCUT2D eigenvalue weighted by molar-refractivity contribution is 0.0784. The van der Waals surface area contributed by atoms with Crippen molar-refractivity contribution in [2.45, 2.75) is 11.4 Å². The molecule has 2 aromatic rings. The molecule has 1 N–H and O–H groups in total. The smallest absolute Gasteiger partial charge is 0.257 e. The first-order valence-electron chi connectivity index (χ1n) is 9.26. The number of anilines is 1. The van der Waals surface area contributed by atoms with Crippen molar-refractivity contribution in [1.82, 2.24) is 10.2 Å². The summed E-state index contributed by atoms with van der Waals surface area (Å²) in [5.74, 6) is -0.318. The minimum Gasteiger partial charge on any atom is -0.355 e. The SMILES string of the molecule is CNC(=O)c1ccc(CN(C)C(=O)c2ccc3c(c2)SC2=NS(=O)(=O)CCN23)cc1. The largest absolute Gasteiger partial charge is 0.355 e. The number of hydrogen-bond donors (Lipinski definition) is 1. The fraction of sp³-hybridized carbons (Fsp3) is 0.250. The highest BCUT2D eigenvalue weighted by Crippen LogP contribution is 2.42. The van der Waals surface area contributed by atoms with Gasteiger partial charge in [-0.2, -0.15) is 0 Å². The van der Waals surface area contributed by atoms with Crippen LogP contribution in [-0.2, 0) is 16.6 Å². The van der Waals surface area contributed by atoms with Gasteiger partial charge in [0.2, 0.25) is 0 Å². The molecule has 0 aromatic heterocycles. The zero-order chi connectivity index (χ0) is 21.5. The molecular weight excluding hydrogens is 424 g/mol. The van der Waals surface area contributed by atoms with Gasteiger partial charge in [-0.05, 0) is 47.7 Å². The lowest BCUT2D eigenvalue weighted by Gasteiger charge is -2.22. The summed E-state index contributed by atoms with van der Waals surface area (Å²) in [7, 11) is -0.118. The van der Waals surface area contributed by atoms with Crippen LogP contribution in [0.3, 0.4) is 0 Å². The first-order chi connectivity index (χ1) is 14.3. The molecule has 0 saturated heterocycles. The second-order valence-electron chi connectivity index (χ2n) is 7.03. The van der Waals surface area contributed by atoms with E-state index in [1.807, 2.05) is 23.1 Å². The Morgan fingerprint density at radius 2 is 1.87 bits per heavy atom. The van der Waals surface area contributed by atoms with Crippen LogP contribution in [0.25, 0.3) is 0 Å². The minimum atomic E-state index is -3.41. The Labute approximate surface area is 179 Å².